The molecule has 0 aromatic heterocycles. The first-order chi connectivity index (χ1) is 9.00. The average molecular weight is 302 g/mol. The maximum Gasteiger partial charge on any atom is 0.181 e. The number of hydrogen-bond acceptors (Lipinski definition) is 3. The molecule has 0 amide bonds. The van der Waals surface area contributed by atoms with Crippen LogP contribution in [0.3, 0.4) is 0 Å². The SMILES string of the molecule is CC(C(=O)c1ccc(Cl)cc1Cl)N(C)C1CCOC1. The molecule has 0 N–H and O–H groups in total. The van der Waals surface area contributed by atoms with Crippen LogP contribution in [-0.2, 0) is 4.74 Å². The summed E-state index contributed by atoms with van der Waals surface area (Å²) in [4.78, 5) is 14.5. The molecular formula is C14H17Cl2NO2. The quantitative estimate of drug-likeness (QED) is 0.799. The van der Waals surface area contributed by atoms with Crippen LogP contribution in [0.25, 0.3) is 0 Å². The largest absolute Gasteiger partial charge is 0.380 e. The van der Waals surface area contributed by atoms with Gasteiger partial charge < -0.3 is 4.74 Å². The van der Waals surface area contributed by atoms with Gasteiger partial charge in [0.2, 0.25) is 0 Å². The van der Waals surface area contributed by atoms with Crippen molar-refractivity contribution in [1.82, 2.24) is 4.90 Å². The van der Waals surface area contributed by atoms with Crippen molar-refractivity contribution in [2.24, 2.45) is 0 Å². The molecule has 1 aliphatic rings. The predicted octanol–water partition coefficient (Wildman–Crippen LogP) is 3.29. The Hall–Kier alpha value is -0.610. The van der Waals surface area contributed by atoms with Crippen LogP contribution in [0.15, 0.2) is 18.2 Å². The van der Waals surface area contributed by atoms with Crippen molar-refractivity contribution in [3.8, 4) is 0 Å². The average Bonchev–Trinajstić information content (AvgIpc) is 2.90. The van der Waals surface area contributed by atoms with E-state index in [1.54, 1.807) is 18.2 Å². The van der Waals surface area contributed by atoms with Crippen LogP contribution in [0.5, 0.6) is 0 Å². The van der Waals surface area contributed by atoms with E-state index in [9.17, 15) is 4.79 Å². The Balaban J connectivity index is 2.13. The maximum atomic E-state index is 12.5. The molecule has 104 valence electrons. The summed E-state index contributed by atoms with van der Waals surface area (Å²) in [5.74, 6) is 0.0102. The Labute approximate surface area is 123 Å². The number of carbonyl (C=O) groups is 1. The highest BCUT2D eigenvalue weighted by Crippen LogP contribution is 2.24. The van der Waals surface area contributed by atoms with Crippen molar-refractivity contribution in [3.63, 3.8) is 0 Å². The number of Topliss-reactive ketones (excluding diaryl/α,β-unsaturated/α-hetero) is 1. The van der Waals surface area contributed by atoms with Crippen molar-refractivity contribution in [1.29, 1.82) is 0 Å². The molecule has 1 heterocycles. The molecule has 0 bridgehead atoms. The maximum absolute atomic E-state index is 12.5. The lowest BCUT2D eigenvalue weighted by Crippen LogP contribution is -2.43. The van der Waals surface area contributed by atoms with Crippen molar-refractivity contribution in [3.05, 3.63) is 33.8 Å². The number of rotatable bonds is 4. The summed E-state index contributed by atoms with van der Waals surface area (Å²) in [6.45, 7) is 3.34. The Bertz CT molecular complexity index is 473. The molecule has 1 saturated heterocycles. The third-order valence-electron chi connectivity index (χ3n) is 3.67. The second-order valence-electron chi connectivity index (χ2n) is 4.85. The zero-order valence-electron chi connectivity index (χ0n) is 11.0. The number of hydrogen-bond donors (Lipinski definition) is 0. The Morgan fingerprint density at radius 3 is 2.79 bits per heavy atom. The molecular weight excluding hydrogens is 285 g/mol. The highest BCUT2D eigenvalue weighted by molar-refractivity contribution is 6.37. The first-order valence-electron chi connectivity index (χ1n) is 6.29. The third-order valence-corrected chi connectivity index (χ3v) is 4.22. The fourth-order valence-electron chi connectivity index (χ4n) is 2.26. The number of benzene rings is 1. The Morgan fingerprint density at radius 2 is 2.21 bits per heavy atom. The molecule has 1 aliphatic heterocycles. The lowest BCUT2D eigenvalue weighted by atomic mass is 10.0. The van der Waals surface area contributed by atoms with E-state index >= 15 is 0 Å². The summed E-state index contributed by atoms with van der Waals surface area (Å²) in [5.41, 5.74) is 0.518. The second-order valence-corrected chi connectivity index (χ2v) is 5.69. The fourth-order valence-corrected chi connectivity index (χ4v) is 2.76. The number of ketones is 1. The van der Waals surface area contributed by atoms with E-state index < -0.39 is 0 Å². The molecule has 0 spiro atoms. The molecule has 3 nitrogen and oxygen atoms in total. The molecule has 2 atom stereocenters. The van der Waals surface area contributed by atoms with Crippen molar-refractivity contribution < 1.29 is 9.53 Å². The third kappa shape index (κ3) is 3.29. The summed E-state index contributed by atoms with van der Waals surface area (Å²) in [7, 11) is 1.95. The van der Waals surface area contributed by atoms with Crippen LogP contribution in [0.2, 0.25) is 10.0 Å². The van der Waals surface area contributed by atoms with Gasteiger partial charge >= 0.3 is 0 Å². The van der Waals surface area contributed by atoms with Crippen molar-refractivity contribution >= 4 is 29.0 Å². The van der Waals surface area contributed by atoms with E-state index in [2.05, 4.69) is 4.90 Å². The van der Waals surface area contributed by atoms with Crippen LogP contribution in [0.1, 0.15) is 23.7 Å². The smallest absolute Gasteiger partial charge is 0.181 e. The van der Waals surface area contributed by atoms with E-state index in [0.29, 0.717) is 28.3 Å². The molecule has 2 unspecified atom stereocenters. The second kappa shape index (κ2) is 6.23. The Morgan fingerprint density at radius 1 is 1.47 bits per heavy atom. The normalized spacial score (nSPS) is 20.8. The van der Waals surface area contributed by atoms with Gasteiger partial charge in [-0.2, -0.15) is 0 Å². The molecule has 1 aromatic carbocycles. The summed E-state index contributed by atoms with van der Waals surface area (Å²) in [5, 5.41) is 0.937. The van der Waals surface area contributed by atoms with Gasteiger partial charge in [0, 0.05) is 23.2 Å². The molecule has 1 aromatic rings. The summed E-state index contributed by atoms with van der Waals surface area (Å²) < 4.78 is 5.36. The fraction of sp³-hybridized carbons (Fsp3) is 0.500. The monoisotopic (exact) mass is 301 g/mol. The van der Waals surface area contributed by atoms with E-state index in [1.165, 1.54) is 0 Å². The first kappa shape index (κ1) is 14.8. The lowest BCUT2D eigenvalue weighted by Gasteiger charge is -2.28. The molecule has 5 heteroatoms. The van der Waals surface area contributed by atoms with E-state index in [0.717, 1.165) is 13.0 Å². The summed E-state index contributed by atoms with van der Waals surface area (Å²) in [6, 6.07) is 5.03. The number of halogens is 2. The van der Waals surface area contributed by atoms with Gasteiger partial charge in [-0.15, -0.1) is 0 Å². The van der Waals surface area contributed by atoms with Gasteiger partial charge in [-0.25, -0.2) is 0 Å². The van der Waals surface area contributed by atoms with Crippen LogP contribution in [0, 0.1) is 0 Å². The Kier molecular flexibility index (Phi) is 4.85. The molecule has 0 radical (unpaired) electrons. The van der Waals surface area contributed by atoms with Gasteiger partial charge in [-0.05, 0) is 38.6 Å². The molecule has 0 saturated carbocycles. The van der Waals surface area contributed by atoms with Gasteiger partial charge in [0.1, 0.15) is 0 Å². The highest BCUT2D eigenvalue weighted by Gasteiger charge is 2.29. The predicted molar refractivity (Wildman–Crippen MR) is 77.2 cm³/mol. The molecule has 2 rings (SSSR count). The van der Waals surface area contributed by atoms with E-state index in [-0.39, 0.29) is 11.8 Å². The van der Waals surface area contributed by atoms with Gasteiger partial charge in [0.15, 0.2) is 5.78 Å². The van der Waals surface area contributed by atoms with Crippen molar-refractivity contribution in [2.75, 3.05) is 20.3 Å². The highest BCUT2D eigenvalue weighted by atomic mass is 35.5. The molecule has 19 heavy (non-hydrogen) atoms. The zero-order chi connectivity index (χ0) is 14.0. The minimum absolute atomic E-state index is 0.0102. The standard InChI is InChI=1S/C14H17Cl2NO2/c1-9(17(2)11-5-6-19-8-11)14(18)12-4-3-10(15)7-13(12)16/h3-4,7,9,11H,5-6,8H2,1-2H3. The number of likely N-dealkylation sites (N-methyl/N-ethyl adjacent to an activating group) is 1. The van der Waals surface area contributed by atoms with E-state index in [4.69, 9.17) is 27.9 Å². The topological polar surface area (TPSA) is 29.5 Å². The minimum Gasteiger partial charge on any atom is -0.380 e. The van der Waals surface area contributed by atoms with Gasteiger partial charge in [-0.3, -0.25) is 9.69 Å². The van der Waals surface area contributed by atoms with E-state index in [1.807, 2.05) is 14.0 Å². The van der Waals surface area contributed by atoms with Crippen LogP contribution < -0.4 is 0 Å². The van der Waals surface area contributed by atoms with Crippen LogP contribution >= 0.6 is 23.2 Å². The van der Waals surface area contributed by atoms with Gasteiger partial charge in [-0.1, -0.05) is 23.2 Å². The number of ether oxygens (including phenoxy) is 1. The van der Waals surface area contributed by atoms with Crippen molar-refractivity contribution in [2.45, 2.75) is 25.4 Å². The number of nitrogens with zero attached hydrogens (tertiary/aromatic N) is 1. The molecule has 1 fully saturated rings. The lowest BCUT2D eigenvalue weighted by molar-refractivity contribution is 0.0795. The summed E-state index contributed by atoms with van der Waals surface area (Å²) >= 11 is 11.9. The number of carbonyl (C=O) groups excluding carboxylic acids is 1. The summed E-state index contributed by atoms with van der Waals surface area (Å²) in [6.07, 6.45) is 0.961. The zero-order valence-corrected chi connectivity index (χ0v) is 12.5. The van der Waals surface area contributed by atoms with Gasteiger partial charge in [0.05, 0.1) is 17.7 Å². The molecule has 0 aliphatic carbocycles. The minimum atomic E-state index is -0.231. The van der Waals surface area contributed by atoms with Crippen LogP contribution in [-0.4, -0.2) is 43.0 Å². The van der Waals surface area contributed by atoms with Crippen LogP contribution in [0.4, 0.5) is 0 Å². The first-order valence-corrected chi connectivity index (χ1v) is 7.05. The van der Waals surface area contributed by atoms with Gasteiger partial charge in [0.25, 0.3) is 0 Å².